The third-order valence-corrected chi connectivity index (χ3v) is 6.27. The van der Waals surface area contributed by atoms with E-state index >= 15 is 0 Å². The number of oxime groups is 1. The van der Waals surface area contributed by atoms with E-state index in [-0.39, 0.29) is 0 Å². The summed E-state index contributed by atoms with van der Waals surface area (Å²) < 4.78 is 0. The highest BCUT2D eigenvalue weighted by Gasteiger charge is 2.27. The summed E-state index contributed by atoms with van der Waals surface area (Å²) in [4.78, 5) is 5.14. The van der Waals surface area contributed by atoms with Crippen molar-refractivity contribution in [3.63, 3.8) is 0 Å². The Balaban J connectivity index is 1.55. The summed E-state index contributed by atoms with van der Waals surface area (Å²) in [7, 11) is 0. The monoisotopic (exact) mass is 371 g/mol. The number of rotatable bonds is 3. The first kappa shape index (κ1) is 20.3. The molecule has 3 rings (SSSR count). The topological polar surface area (TPSA) is 39.1 Å². The largest absolute Gasteiger partial charge is 0.411 e. The van der Waals surface area contributed by atoms with Crippen LogP contribution >= 0.6 is 0 Å². The third kappa shape index (κ3) is 6.62. The Kier molecular flexibility index (Phi) is 8.63. The van der Waals surface area contributed by atoms with Crippen LogP contribution in [0.25, 0.3) is 0 Å². The second-order valence-electron chi connectivity index (χ2n) is 8.27. The Labute approximate surface area is 165 Å². The Bertz CT molecular complexity index is 552. The van der Waals surface area contributed by atoms with E-state index in [2.05, 4.69) is 45.3 Å². The quantitative estimate of drug-likeness (QED) is 0.605. The van der Waals surface area contributed by atoms with Crippen LogP contribution < -0.4 is 0 Å². The summed E-state index contributed by atoms with van der Waals surface area (Å²) in [5, 5.41) is 13.5. The average molecular weight is 372 g/mol. The van der Waals surface area contributed by atoms with E-state index in [1.54, 1.807) is 0 Å². The molecule has 1 aromatic rings. The first-order valence-corrected chi connectivity index (χ1v) is 11.1. The molecule has 0 amide bonds. The van der Waals surface area contributed by atoms with E-state index in [9.17, 15) is 5.21 Å². The van der Waals surface area contributed by atoms with Gasteiger partial charge in [-0.1, -0.05) is 80.4 Å². The minimum atomic E-state index is 0.341. The SMILES string of the molecule is O/N=C1/CCCCCCCCCCC1N1CCN(Cc2ccccc2)CC1. The molecule has 1 saturated heterocycles. The van der Waals surface area contributed by atoms with Gasteiger partial charge in [-0.05, 0) is 24.8 Å². The van der Waals surface area contributed by atoms with Crippen molar-refractivity contribution >= 4 is 5.71 Å². The van der Waals surface area contributed by atoms with Gasteiger partial charge in [0.15, 0.2) is 0 Å². The zero-order valence-electron chi connectivity index (χ0n) is 16.9. The van der Waals surface area contributed by atoms with Gasteiger partial charge < -0.3 is 5.21 Å². The maximum absolute atomic E-state index is 9.69. The minimum Gasteiger partial charge on any atom is -0.411 e. The van der Waals surface area contributed by atoms with Crippen LogP contribution in [0.5, 0.6) is 0 Å². The molecular formula is C23H37N3O. The molecule has 1 heterocycles. The van der Waals surface area contributed by atoms with E-state index in [0.29, 0.717) is 6.04 Å². The fraction of sp³-hybridized carbons (Fsp3) is 0.696. The van der Waals surface area contributed by atoms with E-state index in [1.165, 1.54) is 56.9 Å². The Morgan fingerprint density at radius 1 is 0.815 bits per heavy atom. The molecule has 1 unspecified atom stereocenters. The highest BCUT2D eigenvalue weighted by molar-refractivity contribution is 5.89. The van der Waals surface area contributed by atoms with Gasteiger partial charge in [-0.15, -0.1) is 0 Å². The smallest absolute Gasteiger partial charge is 0.0742 e. The van der Waals surface area contributed by atoms with Crippen molar-refractivity contribution in [1.82, 2.24) is 9.80 Å². The fourth-order valence-electron chi connectivity index (χ4n) is 4.62. The van der Waals surface area contributed by atoms with E-state index < -0.39 is 0 Å². The van der Waals surface area contributed by atoms with Gasteiger partial charge in [-0.3, -0.25) is 9.80 Å². The van der Waals surface area contributed by atoms with Gasteiger partial charge in [0.05, 0.1) is 11.8 Å². The van der Waals surface area contributed by atoms with Crippen molar-refractivity contribution in [3.05, 3.63) is 35.9 Å². The standard InChI is InChI=1S/C23H37N3O/c27-24-22-14-10-5-3-1-2-4-6-11-15-23(22)26-18-16-25(17-19-26)20-21-12-8-7-9-13-21/h7-9,12-13,23,27H,1-6,10-11,14-20H2/b24-22-. The molecule has 4 heteroatoms. The second-order valence-corrected chi connectivity index (χ2v) is 8.27. The summed E-state index contributed by atoms with van der Waals surface area (Å²) in [5.41, 5.74) is 2.43. The molecular weight excluding hydrogens is 334 g/mol. The van der Waals surface area contributed by atoms with Crippen molar-refractivity contribution in [2.45, 2.75) is 76.8 Å². The molecule has 1 aliphatic carbocycles. The number of hydrogen-bond acceptors (Lipinski definition) is 4. The molecule has 0 spiro atoms. The highest BCUT2D eigenvalue weighted by Crippen LogP contribution is 2.21. The molecule has 0 bridgehead atoms. The van der Waals surface area contributed by atoms with E-state index in [1.807, 2.05) is 0 Å². The van der Waals surface area contributed by atoms with Crippen LogP contribution in [0.3, 0.4) is 0 Å². The van der Waals surface area contributed by atoms with Crippen LogP contribution in [0.15, 0.2) is 35.5 Å². The first-order valence-electron chi connectivity index (χ1n) is 11.1. The van der Waals surface area contributed by atoms with Crippen LogP contribution in [-0.4, -0.2) is 52.9 Å². The normalized spacial score (nSPS) is 26.4. The van der Waals surface area contributed by atoms with Gasteiger partial charge in [-0.25, -0.2) is 0 Å². The van der Waals surface area contributed by atoms with Crippen molar-refractivity contribution < 1.29 is 5.21 Å². The lowest BCUT2D eigenvalue weighted by Gasteiger charge is -2.39. The number of piperazine rings is 1. The van der Waals surface area contributed by atoms with Crippen LogP contribution in [0.2, 0.25) is 0 Å². The van der Waals surface area contributed by atoms with Crippen molar-refractivity contribution in [2.24, 2.45) is 5.16 Å². The molecule has 0 aromatic heterocycles. The van der Waals surface area contributed by atoms with Gasteiger partial charge in [0, 0.05) is 32.7 Å². The lowest BCUT2D eigenvalue weighted by molar-refractivity contribution is 0.107. The van der Waals surface area contributed by atoms with Crippen LogP contribution in [0.4, 0.5) is 0 Å². The lowest BCUT2D eigenvalue weighted by atomic mass is 9.95. The molecule has 1 aromatic carbocycles. The Morgan fingerprint density at radius 3 is 2.11 bits per heavy atom. The molecule has 1 saturated carbocycles. The number of benzene rings is 1. The molecule has 1 atom stereocenters. The second kappa shape index (κ2) is 11.5. The fourth-order valence-corrected chi connectivity index (χ4v) is 4.62. The summed E-state index contributed by atoms with van der Waals surface area (Å²) in [5.74, 6) is 0. The first-order chi connectivity index (χ1) is 13.4. The zero-order chi connectivity index (χ0) is 18.7. The van der Waals surface area contributed by atoms with Crippen molar-refractivity contribution in [2.75, 3.05) is 26.2 Å². The molecule has 4 nitrogen and oxygen atoms in total. The molecule has 150 valence electrons. The predicted octanol–water partition coefficient (Wildman–Crippen LogP) is 4.92. The van der Waals surface area contributed by atoms with Gasteiger partial charge in [0.2, 0.25) is 0 Å². The molecule has 27 heavy (non-hydrogen) atoms. The van der Waals surface area contributed by atoms with Crippen LogP contribution in [0, 0.1) is 0 Å². The van der Waals surface area contributed by atoms with Gasteiger partial charge in [0.25, 0.3) is 0 Å². The van der Waals surface area contributed by atoms with Crippen LogP contribution in [-0.2, 0) is 6.54 Å². The Hall–Kier alpha value is -1.39. The lowest BCUT2D eigenvalue weighted by Crippen LogP contribution is -2.52. The summed E-state index contributed by atoms with van der Waals surface area (Å²) in [6, 6.07) is 11.1. The summed E-state index contributed by atoms with van der Waals surface area (Å²) in [6.45, 7) is 5.40. The van der Waals surface area contributed by atoms with Gasteiger partial charge in [-0.2, -0.15) is 0 Å². The number of hydrogen-bond donors (Lipinski definition) is 1. The molecule has 1 aliphatic heterocycles. The third-order valence-electron chi connectivity index (χ3n) is 6.27. The minimum absolute atomic E-state index is 0.341. The average Bonchev–Trinajstić information content (AvgIpc) is 2.70. The molecule has 2 fully saturated rings. The predicted molar refractivity (Wildman–Crippen MR) is 112 cm³/mol. The van der Waals surface area contributed by atoms with Gasteiger partial charge >= 0.3 is 0 Å². The summed E-state index contributed by atoms with van der Waals surface area (Å²) in [6.07, 6.45) is 12.6. The summed E-state index contributed by atoms with van der Waals surface area (Å²) >= 11 is 0. The zero-order valence-corrected chi connectivity index (χ0v) is 16.9. The molecule has 2 aliphatic rings. The number of nitrogens with zero attached hydrogens (tertiary/aromatic N) is 3. The van der Waals surface area contributed by atoms with Crippen LogP contribution in [0.1, 0.15) is 69.8 Å². The maximum atomic E-state index is 9.69. The van der Waals surface area contributed by atoms with Gasteiger partial charge in [0.1, 0.15) is 0 Å². The highest BCUT2D eigenvalue weighted by atomic mass is 16.4. The van der Waals surface area contributed by atoms with E-state index in [4.69, 9.17) is 0 Å². The van der Waals surface area contributed by atoms with Crippen molar-refractivity contribution in [1.29, 1.82) is 0 Å². The van der Waals surface area contributed by atoms with Crippen molar-refractivity contribution in [3.8, 4) is 0 Å². The van der Waals surface area contributed by atoms with E-state index in [0.717, 1.165) is 51.3 Å². The maximum Gasteiger partial charge on any atom is 0.0742 e. The molecule has 0 radical (unpaired) electrons. The Morgan fingerprint density at radius 2 is 1.44 bits per heavy atom. The molecule has 1 N–H and O–H groups in total.